The van der Waals surface area contributed by atoms with Gasteiger partial charge < -0.3 is 10.1 Å². The highest BCUT2D eigenvalue weighted by molar-refractivity contribution is 5.96. The summed E-state index contributed by atoms with van der Waals surface area (Å²) in [4.78, 5) is 23.9. The van der Waals surface area contributed by atoms with Crippen molar-refractivity contribution in [2.75, 3.05) is 0 Å². The number of hydrogen-bond donors (Lipinski definition) is 1. The van der Waals surface area contributed by atoms with E-state index in [1.54, 1.807) is 26.8 Å². The summed E-state index contributed by atoms with van der Waals surface area (Å²) in [5.41, 5.74) is -0.567. The lowest BCUT2D eigenvalue weighted by Crippen LogP contribution is -2.45. The van der Waals surface area contributed by atoms with Crippen molar-refractivity contribution in [2.45, 2.75) is 66.5 Å². The van der Waals surface area contributed by atoms with Crippen LogP contribution in [0.15, 0.2) is 12.2 Å². The normalized spacial score (nSPS) is 13.8. The standard InChI is InChI=1S/C16H29NO3/c1-11(2)9-8-10-13(18)14(12(3)4)17-15(19)20-16(5,6)7/h8,10-12,14H,9H2,1-7H3,(H,17,19)/b10-8+/t14-/m0/s1. The molecule has 0 aromatic heterocycles. The van der Waals surface area contributed by atoms with Crippen molar-refractivity contribution in [1.29, 1.82) is 0 Å². The minimum Gasteiger partial charge on any atom is -0.444 e. The van der Waals surface area contributed by atoms with Crippen molar-refractivity contribution in [1.82, 2.24) is 5.32 Å². The van der Waals surface area contributed by atoms with Crippen molar-refractivity contribution < 1.29 is 14.3 Å². The van der Waals surface area contributed by atoms with E-state index in [0.717, 1.165) is 6.42 Å². The molecule has 0 rings (SSSR count). The summed E-state index contributed by atoms with van der Waals surface area (Å²) in [6.45, 7) is 13.4. The Morgan fingerprint density at radius 1 is 1.15 bits per heavy atom. The Bertz CT molecular complexity index is 351. The first-order chi connectivity index (χ1) is 9.03. The molecule has 1 amide bonds. The molecule has 0 aromatic carbocycles. The van der Waals surface area contributed by atoms with E-state index in [4.69, 9.17) is 4.74 Å². The fourth-order valence-electron chi connectivity index (χ4n) is 1.56. The molecule has 1 N–H and O–H groups in total. The van der Waals surface area contributed by atoms with E-state index in [1.165, 1.54) is 0 Å². The predicted octanol–water partition coefficient (Wildman–Crippen LogP) is 3.71. The summed E-state index contributed by atoms with van der Waals surface area (Å²) >= 11 is 0. The van der Waals surface area contributed by atoms with Crippen LogP contribution < -0.4 is 5.32 Å². The highest BCUT2D eigenvalue weighted by Crippen LogP contribution is 2.10. The number of ketones is 1. The van der Waals surface area contributed by atoms with E-state index in [-0.39, 0.29) is 11.7 Å². The van der Waals surface area contributed by atoms with Gasteiger partial charge >= 0.3 is 6.09 Å². The molecule has 0 radical (unpaired) electrons. The Balaban J connectivity index is 4.61. The first-order valence-electron chi connectivity index (χ1n) is 7.23. The van der Waals surface area contributed by atoms with Gasteiger partial charge in [0.05, 0.1) is 6.04 Å². The maximum Gasteiger partial charge on any atom is 0.408 e. The summed E-state index contributed by atoms with van der Waals surface area (Å²) in [6, 6.07) is -0.548. The second-order valence-electron chi connectivity index (χ2n) is 6.80. The number of rotatable bonds is 6. The van der Waals surface area contributed by atoms with Crippen LogP contribution in [0.25, 0.3) is 0 Å². The Morgan fingerprint density at radius 3 is 2.10 bits per heavy atom. The molecule has 0 saturated heterocycles. The molecule has 0 aliphatic rings. The van der Waals surface area contributed by atoms with Crippen LogP contribution in [0.5, 0.6) is 0 Å². The maximum atomic E-state index is 12.1. The Kier molecular flexibility index (Phi) is 7.54. The number of ether oxygens (including phenoxy) is 1. The molecule has 0 heterocycles. The monoisotopic (exact) mass is 283 g/mol. The third-order valence-corrected chi connectivity index (χ3v) is 2.54. The highest BCUT2D eigenvalue weighted by atomic mass is 16.6. The van der Waals surface area contributed by atoms with Gasteiger partial charge in [-0.2, -0.15) is 0 Å². The minimum atomic E-state index is -0.567. The van der Waals surface area contributed by atoms with Gasteiger partial charge in [-0.3, -0.25) is 4.79 Å². The van der Waals surface area contributed by atoms with Gasteiger partial charge in [0, 0.05) is 0 Å². The Morgan fingerprint density at radius 2 is 1.70 bits per heavy atom. The first kappa shape index (κ1) is 18.7. The Hall–Kier alpha value is -1.32. The van der Waals surface area contributed by atoms with Gasteiger partial charge in [0.2, 0.25) is 0 Å². The van der Waals surface area contributed by atoms with Crippen molar-refractivity contribution in [3.63, 3.8) is 0 Å². The molecule has 1 atom stereocenters. The summed E-state index contributed by atoms with van der Waals surface area (Å²) in [6.07, 6.45) is 3.71. The van der Waals surface area contributed by atoms with Crippen LogP contribution in [0.3, 0.4) is 0 Å². The molecule has 0 spiro atoms. The third-order valence-electron chi connectivity index (χ3n) is 2.54. The highest BCUT2D eigenvalue weighted by Gasteiger charge is 2.25. The molecular formula is C16H29NO3. The van der Waals surface area contributed by atoms with Gasteiger partial charge in [0.15, 0.2) is 5.78 Å². The van der Waals surface area contributed by atoms with Crippen molar-refractivity contribution in [3.05, 3.63) is 12.2 Å². The number of carbonyl (C=O) groups is 2. The summed E-state index contributed by atoms with van der Waals surface area (Å²) in [5, 5.41) is 2.65. The lowest BCUT2D eigenvalue weighted by Gasteiger charge is -2.24. The van der Waals surface area contributed by atoms with Crippen molar-refractivity contribution >= 4 is 11.9 Å². The molecule has 4 nitrogen and oxygen atoms in total. The second-order valence-corrected chi connectivity index (χ2v) is 6.80. The zero-order valence-electron chi connectivity index (χ0n) is 13.8. The predicted molar refractivity (Wildman–Crippen MR) is 81.6 cm³/mol. The Labute approximate surface area is 123 Å². The van der Waals surface area contributed by atoms with Gasteiger partial charge in [-0.05, 0) is 45.1 Å². The lowest BCUT2D eigenvalue weighted by molar-refractivity contribution is -0.117. The summed E-state index contributed by atoms with van der Waals surface area (Å²) < 4.78 is 5.18. The smallest absolute Gasteiger partial charge is 0.408 e. The zero-order chi connectivity index (χ0) is 15.9. The van der Waals surface area contributed by atoms with Gasteiger partial charge in [0.25, 0.3) is 0 Å². The van der Waals surface area contributed by atoms with E-state index in [1.807, 2.05) is 19.9 Å². The third kappa shape index (κ3) is 8.73. The fraction of sp³-hybridized carbons (Fsp3) is 0.750. The average Bonchev–Trinajstić information content (AvgIpc) is 2.22. The summed E-state index contributed by atoms with van der Waals surface area (Å²) in [7, 11) is 0. The number of hydrogen-bond acceptors (Lipinski definition) is 3. The molecule has 20 heavy (non-hydrogen) atoms. The SMILES string of the molecule is CC(C)C/C=C/C(=O)[C@@H](NC(=O)OC(C)(C)C)C(C)C. The molecule has 0 bridgehead atoms. The van der Waals surface area contributed by atoms with Crippen LogP contribution in [0.1, 0.15) is 54.9 Å². The number of carbonyl (C=O) groups excluding carboxylic acids is 2. The maximum absolute atomic E-state index is 12.1. The van der Waals surface area contributed by atoms with Gasteiger partial charge in [0.1, 0.15) is 5.60 Å². The van der Waals surface area contributed by atoms with Crippen LogP contribution in [0, 0.1) is 11.8 Å². The molecule has 0 aromatic rings. The van der Waals surface area contributed by atoms with Crippen LogP contribution in [-0.4, -0.2) is 23.5 Å². The van der Waals surface area contributed by atoms with E-state index >= 15 is 0 Å². The van der Waals surface area contributed by atoms with Gasteiger partial charge in [-0.25, -0.2) is 4.79 Å². The van der Waals surface area contributed by atoms with Crippen LogP contribution in [-0.2, 0) is 9.53 Å². The first-order valence-corrected chi connectivity index (χ1v) is 7.23. The second kappa shape index (κ2) is 8.08. The molecule has 0 fully saturated rings. The molecular weight excluding hydrogens is 254 g/mol. The summed E-state index contributed by atoms with van der Waals surface area (Å²) in [5.74, 6) is 0.431. The van der Waals surface area contributed by atoms with E-state index in [2.05, 4.69) is 19.2 Å². The largest absolute Gasteiger partial charge is 0.444 e. The van der Waals surface area contributed by atoms with E-state index in [0.29, 0.717) is 5.92 Å². The number of alkyl carbamates (subject to hydrolysis) is 1. The quantitative estimate of drug-likeness (QED) is 0.756. The molecule has 116 valence electrons. The molecule has 0 unspecified atom stereocenters. The van der Waals surface area contributed by atoms with Crippen LogP contribution >= 0.6 is 0 Å². The van der Waals surface area contributed by atoms with E-state index in [9.17, 15) is 9.59 Å². The van der Waals surface area contributed by atoms with Crippen LogP contribution in [0.2, 0.25) is 0 Å². The van der Waals surface area contributed by atoms with Crippen molar-refractivity contribution in [3.8, 4) is 0 Å². The van der Waals surface area contributed by atoms with Gasteiger partial charge in [-0.15, -0.1) is 0 Å². The zero-order valence-corrected chi connectivity index (χ0v) is 13.8. The number of nitrogens with one attached hydrogen (secondary N) is 1. The fourth-order valence-corrected chi connectivity index (χ4v) is 1.56. The molecule has 0 aliphatic heterocycles. The van der Waals surface area contributed by atoms with Crippen molar-refractivity contribution in [2.24, 2.45) is 11.8 Å². The van der Waals surface area contributed by atoms with E-state index < -0.39 is 17.7 Å². The topological polar surface area (TPSA) is 55.4 Å². The average molecular weight is 283 g/mol. The number of amides is 1. The molecule has 4 heteroatoms. The molecule has 0 saturated carbocycles. The van der Waals surface area contributed by atoms with Gasteiger partial charge in [-0.1, -0.05) is 33.8 Å². The lowest BCUT2D eigenvalue weighted by atomic mass is 9.99. The number of allylic oxidation sites excluding steroid dienone is 1. The minimum absolute atomic E-state index is 0.0127. The van der Waals surface area contributed by atoms with Crippen LogP contribution in [0.4, 0.5) is 4.79 Å². The molecule has 0 aliphatic carbocycles.